The minimum absolute atomic E-state index is 0.0347. The van der Waals surface area contributed by atoms with Crippen molar-refractivity contribution in [1.82, 2.24) is 14.7 Å². The van der Waals surface area contributed by atoms with Gasteiger partial charge in [0, 0.05) is 35.1 Å². The Morgan fingerprint density at radius 2 is 1.68 bits per heavy atom. The second-order valence-corrected chi connectivity index (χ2v) is 12.5. The quantitative estimate of drug-likeness (QED) is 0.359. The van der Waals surface area contributed by atoms with Crippen molar-refractivity contribution in [1.29, 1.82) is 0 Å². The van der Waals surface area contributed by atoms with Crippen molar-refractivity contribution in [3.05, 3.63) is 68.4 Å². The molecular formula is C30H37Cl3FN3O. The van der Waals surface area contributed by atoms with Crippen LogP contribution < -0.4 is 0 Å². The summed E-state index contributed by atoms with van der Waals surface area (Å²) in [5.74, 6) is -0.532. The first kappa shape index (κ1) is 28.2. The van der Waals surface area contributed by atoms with Gasteiger partial charge >= 0.3 is 0 Å². The first-order chi connectivity index (χ1) is 18.3. The lowest BCUT2D eigenvalue weighted by Crippen LogP contribution is -2.47. The molecule has 3 aliphatic heterocycles. The number of likely N-dealkylation sites (tertiary alicyclic amines) is 3. The van der Waals surface area contributed by atoms with Crippen LogP contribution >= 0.6 is 34.8 Å². The van der Waals surface area contributed by atoms with Crippen LogP contribution in [-0.2, 0) is 16.6 Å². The smallest absolute Gasteiger partial charge is 0.227 e. The molecular weight excluding hydrogens is 544 g/mol. The highest BCUT2D eigenvalue weighted by Crippen LogP contribution is 2.41. The predicted molar refractivity (Wildman–Crippen MR) is 154 cm³/mol. The van der Waals surface area contributed by atoms with Crippen LogP contribution in [0.2, 0.25) is 15.1 Å². The summed E-state index contributed by atoms with van der Waals surface area (Å²) in [6.07, 6.45) is 8.25. The van der Waals surface area contributed by atoms with E-state index in [0.717, 1.165) is 44.1 Å². The van der Waals surface area contributed by atoms with Crippen molar-refractivity contribution in [3.63, 3.8) is 0 Å². The van der Waals surface area contributed by atoms with Gasteiger partial charge in [-0.2, -0.15) is 0 Å². The van der Waals surface area contributed by atoms with Crippen LogP contribution in [0.25, 0.3) is 0 Å². The third-order valence-corrected chi connectivity index (χ3v) is 10.1. The van der Waals surface area contributed by atoms with Gasteiger partial charge in [0.1, 0.15) is 5.82 Å². The molecule has 8 heteroatoms. The summed E-state index contributed by atoms with van der Waals surface area (Å²) in [6, 6.07) is 11.1. The summed E-state index contributed by atoms with van der Waals surface area (Å²) in [5.41, 5.74) is 1.17. The number of rotatable bonds is 7. The monoisotopic (exact) mass is 579 g/mol. The highest BCUT2D eigenvalue weighted by atomic mass is 35.5. The number of hydrogen-bond acceptors (Lipinski definition) is 3. The second kappa shape index (κ2) is 12.4. The van der Waals surface area contributed by atoms with Gasteiger partial charge in [0.2, 0.25) is 5.91 Å². The molecule has 0 bridgehead atoms. The van der Waals surface area contributed by atoms with E-state index in [1.807, 2.05) is 17.0 Å². The lowest BCUT2D eigenvalue weighted by Gasteiger charge is -2.41. The van der Waals surface area contributed by atoms with E-state index in [-0.39, 0.29) is 23.3 Å². The van der Waals surface area contributed by atoms with E-state index in [1.54, 1.807) is 12.1 Å². The first-order valence-electron chi connectivity index (χ1n) is 14.0. The number of nitrogens with zero attached hydrogens (tertiary/aromatic N) is 3. The zero-order valence-corrected chi connectivity index (χ0v) is 24.2. The maximum Gasteiger partial charge on any atom is 0.227 e. The summed E-state index contributed by atoms with van der Waals surface area (Å²) >= 11 is 18.9. The molecule has 206 valence electrons. The lowest BCUT2D eigenvalue weighted by atomic mass is 9.76. The Labute approximate surface area is 241 Å². The van der Waals surface area contributed by atoms with Crippen molar-refractivity contribution < 1.29 is 9.18 Å². The lowest BCUT2D eigenvalue weighted by molar-refractivity contribution is -0.129. The average molecular weight is 581 g/mol. The van der Waals surface area contributed by atoms with E-state index in [9.17, 15) is 9.18 Å². The Hall–Kier alpha value is -1.37. The van der Waals surface area contributed by atoms with Gasteiger partial charge in [0.05, 0.1) is 16.5 Å². The maximum absolute atomic E-state index is 14.4. The van der Waals surface area contributed by atoms with Gasteiger partial charge < -0.3 is 14.7 Å². The number of halogens is 4. The SMILES string of the molecule is O=C(Cc1c(F)cccc1Cl)N1CC[C@@](CCN2CCC(N3CCCCC3)CC2)(c2ccc(Cl)c(Cl)c2)C1. The zero-order valence-electron chi connectivity index (χ0n) is 21.9. The summed E-state index contributed by atoms with van der Waals surface area (Å²) in [5, 5.41) is 1.36. The molecule has 0 aromatic heterocycles. The van der Waals surface area contributed by atoms with Crippen LogP contribution in [0.5, 0.6) is 0 Å². The second-order valence-electron chi connectivity index (χ2n) is 11.3. The Bertz CT molecular complexity index is 1110. The Kier molecular flexibility index (Phi) is 9.21. The number of benzene rings is 2. The molecule has 5 rings (SSSR count). The van der Waals surface area contributed by atoms with E-state index < -0.39 is 5.82 Å². The molecule has 4 nitrogen and oxygen atoms in total. The minimum Gasteiger partial charge on any atom is -0.341 e. The third-order valence-electron chi connectivity index (χ3n) is 9.00. The van der Waals surface area contributed by atoms with E-state index in [2.05, 4.69) is 15.9 Å². The molecule has 1 atom stereocenters. The van der Waals surface area contributed by atoms with E-state index >= 15 is 0 Å². The van der Waals surface area contributed by atoms with Gasteiger partial charge in [0.25, 0.3) is 0 Å². The van der Waals surface area contributed by atoms with Crippen LogP contribution in [0.3, 0.4) is 0 Å². The van der Waals surface area contributed by atoms with Crippen LogP contribution in [0.15, 0.2) is 36.4 Å². The van der Waals surface area contributed by atoms with Gasteiger partial charge in [-0.3, -0.25) is 4.79 Å². The van der Waals surface area contributed by atoms with Gasteiger partial charge in [-0.05, 0) is 101 Å². The molecule has 0 N–H and O–H groups in total. The Morgan fingerprint density at radius 3 is 2.39 bits per heavy atom. The number of carbonyl (C=O) groups is 1. The topological polar surface area (TPSA) is 26.8 Å². The summed E-state index contributed by atoms with van der Waals surface area (Å²) in [4.78, 5) is 20.5. The predicted octanol–water partition coefficient (Wildman–Crippen LogP) is 6.84. The third kappa shape index (κ3) is 6.33. The Balaban J connectivity index is 1.26. The van der Waals surface area contributed by atoms with Crippen molar-refractivity contribution in [3.8, 4) is 0 Å². The molecule has 2 aromatic rings. The normalized spacial score (nSPS) is 23.7. The Morgan fingerprint density at radius 1 is 0.921 bits per heavy atom. The molecule has 3 heterocycles. The molecule has 38 heavy (non-hydrogen) atoms. The first-order valence-corrected chi connectivity index (χ1v) is 15.1. The van der Waals surface area contributed by atoms with E-state index in [4.69, 9.17) is 34.8 Å². The van der Waals surface area contributed by atoms with Crippen molar-refractivity contribution in [2.75, 3.05) is 45.8 Å². The summed E-state index contributed by atoms with van der Waals surface area (Å²) < 4.78 is 14.4. The van der Waals surface area contributed by atoms with E-state index in [1.165, 1.54) is 51.3 Å². The maximum atomic E-state index is 14.4. The molecule has 0 radical (unpaired) electrons. The standard InChI is InChI=1S/C30H37Cl3FN3O/c31-25-5-4-6-28(34)24(25)20-29(38)37-18-12-30(21-37,22-7-8-26(32)27(33)19-22)11-17-35-15-9-23(10-16-35)36-13-2-1-3-14-36/h4-8,19,23H,1-3,9-18,20-21H2/t30-/m1/s1. The molecule has 0 saturated carbocycles. The van der Waals surface area contributed by atoms with Crippen LogP contribution in [-0.4, -0.2) is 72.5 Å². The van der Waals surface area contributed by atoms with Gasteiger partial charge in [0.15, 0.2) is 0 Å². The van der Waals surface area contributed by atoms with Gasteiger partial charge in [-0.1, -0.05) is 53.4 Å². The molecule has 3 fully saturated rings. The molecule has 2 aromatic carbocycles. The number of amides is 1. The number of piperidine rings is 2. The van der Waals surface area contributed by atoms with Crippen molar-refractivity contribution in [2.45, 2.75) is 62.8 Å². The molecule has 3 saturated heterocycles. The largest absolute Gasteiger partial charge is 0.341 e. The van der Waals surface area contributed by atoms with Gasteiger partial charge in [-0.15, -0.1) is 0 Å². The molecule has 0 spiro atoms. The summed E-state index contributed by atoms with van der Waals surface area (Å²) in [6.45, 7) is 6.94. The van der Waals surface area contributed by atoms with Crippen LogP contribution in [0.1, 0.15) is 56.1 Å². The molecule has 0 aliphatic carbocycles. The van der Waals surface area contributed by atoms with Gasteiger partial charge in [-0.25, -0.2) is 4.39 Å². The number of hydrogen-bond donors (Lipinski definition) is 0. The minimum atomic E-state index is -0.436. The molecule has 0 unspecified atom stereocenters. The number of carbonyl (C=O) groups excluding carboxylic acids is 1. The van der Waals surface area contributed by atoms with Crippen LogP contribution in [0.4, 0.5) is 4.39 Å². The fraction of sp³-hybridized carbons (Fsp3) is 0.567. The fourth-order valence-electron chi connectivity index (χ4n) is 6.62. The molecule has 3 aliphatic rings. The zero-order chi connectivity index (χ0) is 26.7. The van der Waals surface area contributed by atoms with Crippen LogP contribution in [0, 0.1) is 5.82 Å². The molecule has 1 amide bonds. The van der Waals surface area contributed by atoms with Crippen molar-refractivity contribution >= 4 is 40.7 Å². The van der Waals surface area contributed by atoms with Crippen molar-refractivity contribution in [2.24, 2.45) is 0 Å². The average Bonchev–Trinajstić information content (AvgIpc) is 3.38. The van der Waals surface area contributed by atoms with E-state index in [0.29, 0.717) is 28.2 Å². The highest BCUT2D eigenvalue weighted by Gasteiger charge is 2.42. The summed E-state index contributed by atoms with van der Waals surface area (Å²) in [7, 11) is 0. The highest BCUT2D eigenvalue weighted by molar-refractivity contribution is 6.42. The fourth-order valence-corrected chi connectivity index (χ4v) is 7.15.